The Morgan fingerprint density at radius 3 is 2.74 bits per heavy atom. The Morgan fingerprint density at radius 2 is 2.09 bits per heavy atom. The van der Waals surface area contributed by atoms with Crippen LogP contribution in [-0.2, 0) is 9.59 Å². The molecule has 2 amide bonds. The fourth-order valence-electron chi connectivity index (χ4n) is 2.87. The molecule has 0 saturated carbocycles. The summed E-state index contributed by atoms with van der Waals surface area (Å²) in [4.78, 5) is 28.5. The molecule has 0 aliphatic carbocycles. The minimum absolute atomic E-state index is 0.00715. The predicted octanol–water partition coefficient (Wildman–Crippen LogP) is 1.66. The topological polar surface area (TPSA) is 52.7 Å². The van der Waals surface area contributed by atoms with E-state index in [2.05, 4.69) is 17.1 Å². The van der Waals surface area contributed by atoms with Crippen molar-refractivity contribution in [2.45, 2.75) is 26.3 Å². The highest BCUT2D eigenvalue weighted by atomic mass is 16.2. The normalized spacial score (nSPS) is 19.2. The van der Waals surface area contributed by atoms with Gasteiger partial charge in [0.15, 0.2) is 0 Å². The fraction of sp³-hybridized carbons (Fsp3) is 0.556. The quantitative estimate of drug-likeness (QED) is 0.832. The summed E-state index contributed by atoms with van der Waals surface area (Å²) in [6.07, 6.45) is 0.312. The van der Waals surface area contributed by atoms with E-state index in [0.717, 1.165) is 18.7 Å². The molecule has 1 saturated heterocycles. The Labute approximate surface area is 138 Å². The molecule has 5 nitrogen and oxygen atoms in total. The molecule has 1 aromatic rings. The van der Waals surface area contributed by atoms with Crippen LogP contribution in [0.2, 0.25) is 0 Å². The molecule has 1 aromatic carbocycles. The number of rotatable bonds is 7. The van der Waals surface area contributed by atoms with Gasteiger partial charge in [0.2, 0.25) is 11.8 Å². The number of carbonyl (C=O) groups is 2. The summed E-state index contributed by atoms with van der Waals surface area (Å²) in [7, 11) is 2.02. The molecule has 2 atom stereocenters. The molecule has 0 bridgehead atoms. The second-order valence-corrected chi connectivity index (χ2v) is 6.22. The van der Waals surface area contributed by atoms with E-state index in [4.69, 9.17) is 0 Å². The minimum atomic E-state index is -0.236. The van der Waals surface area contributed by atoms with Gasteiger partial charge in [-0.1, -0.05) is 37.3 Å². The lowest BCUT2D eigenvalue weighted by molar-refractivity contribution is -0.130. The molecule has 23 heavy (non-hydrogen) atoms. The lowest BCUT2D eigenvalue weighted by Crippen LogP contribution is -2.37. The monoisotopic (exact) mass is 317 g/mol. The number of benzene rings is 1. The average Bonchev–Trinajstić information content (AvgIpc) is 2.96. The van der Waals surface area contributed by atoms with E-state index in [1.165, 1.54) is 0 Å². The third-order valence-electron chi connectivity index (χ3n) is 4.61. The molecule has 1 heterocycles. The van der Waals surface area contributed by atoms with Crippen molar-refractivity contribution in [1.82, 2.24) is 15.1 Å². The van der Waals surface area contributed by atoms with Crippen molar-refractivity contribution in [2.75, 3.05) is 33.2 Å². The van der Waals surface area contributed by atoms with E-state index >= 15 is 0 Å². The van der Waals surface area contributed by atoms with Crippen molar-refractivity contribution < 1.29 is 9.59 Å². The molecule has 1 aliphatic rings. The number of amides is 2. The first kappa shape index (κ1) is 17.5. The number of hydrogen-bond acceptors (Lipinski definition) is 3. The zero-order chi connectivity index (χ0) is 16.8. The molecule has 2 rings (SSSR count). The standard InChI is InChI=1S/C18H27N3O2/c1-4-20(3)11-10-19-18(23)16-12-17(22)21(13-16)14(2)15-8-6-5-7-9-15/h5-9,14,16H,4,10-13H2,1-3H3,(H,19,23)/t14-,16+/m0/s1. The highest BCUT2D eigenvalue weighted by Gasteiger charge is 2.36. The summed E-state index contributed by atoms with van der Waals surface area (Å²) in [6.45, 7) is 7.02. The molecule has 0 radical (unpaired) electrons. The molecule has 1 fully saturated rings. The molecule has 0 unspecified atom stereocenters. The molecular formula is C18H27N3O2. The van der Waals surface area contributed by atoms with Gasteiger partial charge in [-0.15, -0.1) is 0 Å². The minimum Gasteiger partial charge on any atom is -0.355 e. The van der Waals surface area contributed by atoms with E-state index in [9.17, 15) is 9.59 Å². The van der Waals surface area contributed by atoms with Gasteiger partial charge >= 0.3 is 0 Å². The van der Waals surface area contributed by atoms with Gasteiger partial charge in [0.1, 0.15) is 0 Å². The highest BCUT2D eigenvalue weighted by molar-refractivity contribution is 5.89. The number of hydrogen-bond donors (Lipinski definition) is 1. The lowest BCUT2D eigenvalue weighted by atomic mass is 10.1. The van der Waals surface area contributed by atoms with Crippen molar-refractivity contribution in [3.8, 4) is 0 Å². The van der Waals surface area contributed by atoms with Crippen LogP contribution >= 0.6 is 0 Å². The first-order chi connectivity index (χ1) is 11.0. The Bertz CT molecular complexity index is 532. The van der Waals surface area contributed by atoms with Gasteiger partial charge in [0.05, 0.1) is 12.0 Å². The van der Waals surface area contributed by atoms with Crippen LogP contribution in [0.1, 0.15) is 31.9 Å². The number of likely N-dealkylation sites (tertiary alicyclic amines) is 1. The Morgan fingerprint density at radius 1 is 1.39 bits per heavy atom. The van der Waals surface area contributed by atoms with E-state index < -0.39 is 0 Å². The SMILES string of the molecule is CCN(C)CCNC(=O)[C@@H]1CC(=O)N([C@@H](C)c2ccccc2)C1. The first-order valence-electron chi connectivity index (χ1n) is 8.33. The maximum atomic E-state index is 12.3. The van der Waals surface area contributed by atoms with Gasteiger partial charge in [0, 0.05) is 26.1 Å². The number of nitrogens with one attached hydrogen (secondary N) is 1. The van der Waals surface area contributed by atoms with E-state index in [1.807, 2.05) is 49.2 Å². The Kier molecular flexibility index (Phi) is 6.16. The average molecular weight is 317 g/mol. The molecule has 1 aliphatic heterocycles. The van der Waals surface area contributed by atoms with E-state index in [1.54, 1.807) is 0 Å². The molecule has 1 N–H and O–H groups in total. The molecule has 0 spiro atoms. The highest BCUT2D eigenvalue weighted by Crippen LogP contribution is 2.28. The van der Waals surface area contributed by atoms with Crippen LogP contribution in [-0.4, -0.2) is 54.8 Å². The lowest BCUT2D eigenvalue weighted by Gasteiger charge is -2.25. The number of nitrogens with zero attached hydrogens (tertiary/aromatic N) is 2. The third kappa shape index (κ3) is 4.55. The summed E-state index contributed by atoms with van der Waals surface area (Å²) >= 11 is 0. The molecule has 0 aromatic heterocycles. The fourth-order valence-corrected chi connectivity index (χ4v) is 2.87. The van der Waals surface area contributed by atoms with Crippen molar-refractivity contribution >= 4 is 11.8 Å². The van der Waals surface area contributed by atoms with Crippen molar-refractivity contribution in [1.29, 1.82) is 0 Å². The smallest absolute Gasteiger partial charge is 0.225 e. The van der Waals surface area contributed by atoms with Gasteiger partial charge in [-0.2, -0.15) is 0 Å². The number of likely N-dealkylation sites (N-methyl/N-ethyl adjacent to an activating group) is 1. The summed E-state index contributed by atoms with van der Waals surface area (Å²) in [5.74, 6) is -0.182. The largest absolute Gasteiger partial charge is 0.355 e. The van der Waals surface area contributed by atoms with Gasteiger partial charge in [-0.25, -0.2) is 0 Å². The van der Waals surface area contributed by atoms with E-state index in [-0.39, 0.29) is 23.8 Å². The predicted molar refractivity (Wildman–Crippen MR) is 90.9 cm³/mol. The zero-order valence-corrected chi connectivity index (χ0v) is 14.3. The van der Waals surface area contributed by atoms with Crippen LogP contribution < -0.4 is 5.32 Å². The maximum absolute atomic E-state index is 12.3. The summed E-state index contributed by atoms with van der Waals surface area (Å²) in [5.41, 5.74) is 1.10. The van der Waals surface area contributed by atoms with Crippen molar-refractivity contribution in [2.24, 2.45) is 5.92 Å². The van der Waals surface area contributed by atoms with Crippen LogP contribution in [0.5, 0.6) is 0 Å². The van der Waals surface area contributed by atoms with Crippen LogP contribution in [0.15, 0.2) is 30.3 Å². The van der Waals surface area contributed by atoms with Gasteiger partial charge in [-0.3, -0.25) is 9.59 Å². The van der Waals surface area contributed by atoms with Crippen LogP contribution in [0, 0.1) is 5.92 Å². The van der Waals surface area contributed by atoms with E-state index in [0.29, 0.717) is 19.5 Å². The van der Waals surface area contributed by atoms with Gasteiger partial charge in [-0.05, 0) is 26.1 Å². The maximum Gasteiger partial charge on any atom is 0.225 e. The Hall–Kier alpha value is -1.88. The van der Waals surface area contributed by atoms with Crippen LogP contribution in [0.3, 0.4) is 0 Å². The van der Waals surface area contributed by atoms with Crippen molar-refractivity contribution in [3.05, 3.63) is 35.9 Å². The molecular weight excluding hydrogens is 290 g/mol. The van der Waals surface area contributed by atoms with Gasteiger partial charge < -0.3 is 15.1 Å². The van der Waals surface area contributed by atoms with Crippen LogP contribution in [0.25, 0.3) is 0 Å². The zero-order valence-electron chi connectivity index (χ0n) is 14.3. The number of carbonyl (C=O) groups excluding carboxylic acids is 2. The summed E-state index contributed by atoms with van der Waals surface area (Å²) < 4.78 is 0. The molecule has 5 heteroatoms. The second kappa shape index (κ2) is 8.11. The summed E-state index contributed by atoms with van der Waals surface area (Å²) in [5, 5.41) is 2.95. The second-order valence-electron chi connectivity index (χ2n) is 6.22. The molecule has 126 valence electrons. The van der Waals surface area contributed by atoms with Crippen molar-refractivity contribution in [3.63, 3.8) is 0 Å². The first-order valence-corrected chi connectivity index (χ1v) is 8.33. The Balaban J connectivity index is 1.88. The third-order valence-corrected chi connectivity index (χ3v) is 4.61. The summed E-state index contributed by atoms with van der Waals surface area (Å²) in [6, 6.07) is 9.96. The van der Waals surface area contributed by atoms with Crippen LogP contribution in [0.4, 0.5) is 0 Å². The van der Waals surface area contributed by atoms with Gasteiger partial charge in [0.25, 0.3) is 0 Å².